The van der Waals surface area contributed by atoms with Gasteiger partial charge in [-0.15, -0.1) is 0 Å². The predicted molar refractivity (Wildman–Crippen MR) is 103 cm³/mol. The first-order valence-electron chi connectivity index (χ1n) is 9.44. The number of benzene rings is 2. The third-order valence-corrected chi connectivity index (χ3v) is 5.34. The minimum Gasteiger partial charge on any atom is -0.460 e. The van der Waals surface area contributed by atoms with E-state index in [-0.39, 0.29) is 25.4 Å². The number of rotatable bonds is 7. The van der Waals surface area contributed by atoms with Gasteiger partial charge in [-0.3, -0.25) is 14.4 Å². The molecule has 3 rings (SSSR count). The maximum absolute atomic E-state index is 13.0. The minimum atomic E-state index is -1.50. The molecule has 1 unspecified atom stereocenters. The largest absolute Gasteiger partial charge is 0.460 e. The van der Waals surface area contributed by atoms with E-state index < -0.39 is 23.3 Å². The van der Waals surface area contributed by atoms with Crippen LogP contribution in [0.1, 0.15) is 37.3 Å². The molecular weight excluding hydrogens is 356 g/mol. The Labute approximate surface area is 164 Å². The lowest BCUT2D eigenvalue weighted by atomic mass is 9.76. The molecule has 0 radical (unpaired) electrons. The van der Waals surface area contributed by atoms with Crippen molar-refractivity contribution in [3.05, 3.63) is 71.8 Å². The zero-order valence-electron chi connectivity index (χ0n) is 15.9. The topological polar surface area (TPSA) is 69.7 Å². The number of hydrogen-bond acceptors (Lipinski definition) is 5. The van der Waals surface area contributed by atoms with Gasteiger partial charge in [-0.2, -0.15) is 0 Å². The Morgan fingerprint density at radius 1 is 0.893 bits per heavy atom. The predicted octanol–water partition coefficient (Wildman–Crippen LogP) is 3.85. The molecule has 0 amide bonds. The van der Waals surface area contributed by atoms with Gasteiger partial charge < -0.3 is 9.47 Å². The van der Waals surface area contributed by atoms with Crippen LogP contribution in [0.25, 0.3) is 0 Å². The molecule has 0 spiro atoms. The van der Waals surface area contributed by atoms with Crippen molar-refractivity contribution in [2.24, 2.45) is 11.3 Å². The average molecular weight is 380 g/mol. The van der Waals surface area contributed by atoms with Gasteiger partial charge in [0, 0.05) is 12.8 Å². The number of carbonyl (C=O) groups excluding carboxylic acids is 3. The molecule has 5 nitrogen and oxygen atoms in total. The van der Waals surface area contributed by atoms with E-state index in [4.69, 9.17) is 9.47 Å². The van der Waals surface area contributed by atoms with E-state index in [1.54, 1.807) is 0 Å². The average Bonchev–Trinajstić information content (AvgIpc) is 3.17. The van der Waals surface area contributed by atoms with Crippen molar-refractivity contribution in [2.45, 2.75) is 39.4 Å². The zero-order chi connectivity index (χ0) is 20.0. The molecule has 2 aromatic carbocycles. The Kier molecular flexibility index (Phi) is 6.24. The highest BCUT2D eigenvalue weighted by atomic mass is 16.6. The van der Waals surface area contributed by atoms with Crippen molar-refractivity contribution in [2.75, 3.05) is 0 Å². The van der Waals surface area contributed by atoms with Crippen LogP contribution in [0.5, 0.6) is 0 Å². The molecule has 1 atom stereocenters. The van der Waals surface area contributed by atoms with Gasteiger partial charge in [0.05, 0.1) is 0 Å². The van der Waals surface area contributed by atoms with Gasteiger partial charge in [-0.1, -0.05) is 60.7 Å². The van der Waals surface area contributed by atoms with Gasteiger partial charge in [0.25, 0.3) is 0 Å². The Morgan fingerprint density at radius 2 is 1.36 bits per heavy atom. The van der Waals surface area contributed by atoms with Crippen LogP contribution in [-0.2, 0) is 37.1 Å². The molecular formula is C23H24O5. The van der Waals surface area contributed by atoms with E-state index in [1.165, 1.54) is 6.92 Å². The molecule has 0 heterocycles. The highest BCUT2D eigenvalue weighted by Crippen LogP contribution is 2.41. The van der Waals surface area contributed by atoms with E-state index in [9.17, 15) is 14.4 Å². The van der Waals surface area contributed by atoms with Crippen LogP contribution in [0.15, 0.2) is 60.7 Å². The maximum Gasteiger partial charge on any atom is 0.323 e. The van der Waals surface area contributed by atoms with Crippen LogP contribution in [0.4, 0.5) is 0 Å². The molecule has 5 heteroatoms. The number of ether oxygens (including phenoxy) is 2. The summed E-state index contributed by atoms with van der Waals surface area (Å²) >= 11 is 0. The van der Waals surface area contributed by atoms with Crippen molar-refractivity contribution >= 4 is 17.7 Å². The summed E-state index contributed by atoms with van der Waals surface area (Å²) < 4.78 is 10.9. The van der Waals surface area contributed by atoms with Crippen LogP contribution >= 0.6 is 0 Å². The van der Waals surface area contributed by atoms with Gasteiger partial charge in [-0.05, 0) is 30.4 Å². The van der Waals surface area contributed by atoms with E-state index >= 15 is 0 Å². The van der Waals surface area contributed by atoms with Crippen molar-refractivity contribution in [1.82, 2.24) is 0 Å². The second kappa shape index (κ2) is 8.83. The highest BCUT2D eigenvalue weighted by molar-refractivity contribution is 6.01. The molecule has 146 valence electrons. The summed E-state index contributed by atoms with van der Waals surface area (Å²) in [6, 6.07) is 18.5. The Bertz CT molecular complexity index is 773. The summed E-state index contributed by atoms with van der Waals surface area (Å²) in [5.74, 6) is -1.64. The van der Waals surface area contributed by atoms with Crippen LogP contribution in [-0.4, -0.2) is 17.7 Å². The summed E-state index contributed by atoms with van der Waals surface area (Å²) in [4.78, 5) is 37.7. The fourth-order valence-corrected chi connectivity index (χ4v) is 3.47. The third kappa shape index (κ3) is 4.47. The van der Waals surface area contributed by atoms with Crippen LogP contribution in [0.3, 0.4) is 0 Å². The van der Waals surface area contributed by atoms with E-state index in [0.717, 1.165) is 11.1 Å². The first-order valence-corrected chi connectivity index (χ1v) is 9.44. The number of ketones is 1. The Balaban J connectivity index is 1.73. The molecule has 0 bridgehead atoms. The van der Waals surface area contributed by atoms with Crippen molar-refractivity contribution in [3.8, 4) is 0 Å². The standard InChI is InChI=1S/C23H24O5/c1-23(19-12-13-20(24)14-19,21(25)27-15-17-8-4-2-5-9-17)22(26)28-16-18-10-6-3-7-11-18/h2-11,19H,12-16H2,1H3. The fraction of sp³-hybridized carbons (Fsp3) is 0.348. The smallest absolute Gasteiger partial charge is 0.323 e. The van der Waals surface area contributed by atoms with Gasteiger partial charge in [0.1, 0.15) is 19.0 Å². The quantitative estimate of drug-likeness (QED) is 0.539. The lowest BCUT2D eigenvalue weighted by Gasteiger charge is -2.30. The molecule has 2 aromatic rings. The van der Waals surface area contributed by atoms with Gasteiger partial charge in [0.2, 0.25) is 0 Å². The van der Waals surface area contributed by atoms with Gasteiger partial charge >= 0.3 is 11.9 Å². The molecule has 1 saturated carbocycles. The molecule has 1 aliphatic rings. The number of Topliss-reactive ketones (excluding diaryl/α,β-unsaturated/α-hetero) is 1. The first-order chi connectivity index (χ1) is 13.5. The summed E-state index contributed by atoms with van der Waals surface area (Å²) in [7, 11) is 0. The highest BCUT2D eigenvalue weighted by Gasteiger charge is 2.52. The summed E-state index contributed by atoms with van der Waals surface area (Å²) in [6.07, 6.45) is 1.05. The SMILES string of the molecule is CC(C(=O)OCc1ccccc1)(C(=O)OCc1ccccc1)C1CCC(=O)C1. The molecule has 1 aliphatic carbocycles. The molecule has 0 aromatic heterocycles. The zero-order valence-corrected chi connectivity index (χ0v) is 15.9. The van der Waals surface area contributed by atoms with Crippen molar-refractivity contribution in [1.29, 1.82) is 0 Å². The molecule has 28 heavy (non-hydrogen) atoms. The van der Waals surface area contributed by atoms with Crippen LogP contribution in [0.2, 0.25) is 0 Å². The van der Waals surface area contributed by atoms with E-state index in [1.807, 2.05) is 60.7 Å². The maximum atomic E-state index is 13.0. The minimum absolute atomic E-state index is 0.0583. The summed E-state index contributed by atoms with van der Waals surface area (Å²) in [5, 5.41) is 0. The number of carbonyl (C=O) groups is 3. The summed E-state index contributed by atoms with van der Waals surface area (Å²) in [6.45, 7) is 1.68. The molecule has 0 saturated heterocycles. The number of esters is 2. The van der Waals surface area contributed by atoms with Gasteiger partial charge in [0.15, 0.2) is 5.41 Å². The summed E-state index contributed by atoms with van der Waals surface area (Å²) in [5.41, 5.74) is 0.159. The molecule has 0 aliphatic heterocycles. The van der Waals surface area contributed by atoms with Gasteiger partial charge in [-0.25, -0.2) is 0 Å². The second-order valence-electron chi connectivity index (χ2n) is 7.30. The first kappa shape index (κ1) is 19.8. The third-order valence-electron chi connectivity index (χ3n) is 5.34. The van der Waals surface area contributed by atoms with Crippen LogP contribution < -0.4 is 0 Å². The fourth-order valence-electron chi connectivity index (χ4n) is 3.47. The lowest BCUT2D eigenvalue weighted by molar-refractivity contribution is -0.177. The van der Waals surface area contributed by atoms with Crippen LogP contribution in [0, 0.1) is 11.3 Å². The molecule has 1 fully saturated rings. The van der Waals surface area contributed by atoms with Crippen molar-refractivity contribution < 1.29 is 23.9 Å². The molecule has 0 N–H and O–H groups in total. The Morgan fingerprint density at radius 3 is 1.75 bits per heavy atom. The van der Waals surface area contributed by atoms with Crippen molar-refractivity contribution in [3.63, 3.8) is 0 Å². The lowest BCUT2D eigenvalue weighted by Crippen LogP contribution is -2.44. The second-order valence-corrected chi connectivity index (χ2v) is 7.30. The number of hydrogen-bond donors (Lipinski definition) is 0. The van der Waals surface area contributed by atoms with E-state index in [0.29, 0.717) is 12.8 Å². The monoisotopic (exact) mass is 380 g/mol. The Hall–Kier alpha value is -2.95. The van der Waals surface area contributed by atoms with E-state index in [2.05, 4.69) is 0 Å². The normalized spacial score (nSPS) is 16.6.